The molecular weight excluding hydrogens is 1140 g/mol. The molecule has 0 saturated carbocycles. The molecule has 0 radical (unpaired) electrons. The maximum Gasteiger partial charge on any atom is 0.0918 e. The summed E-state index contributed by atoms with van der Waals surface area (Å²) in [5.74, 6) is 0. The molecule has 0 N–H and O–H groups in total. The number of para-hydroxylation sites is 2. The lowest BCUT2D eigenvalue weighted by molar-refractivity contribution is 0.660. The molecule has 16 aromatic rings. The number of hydrogen-bond donors (Lipinski definition) is 0. The number of aromatic nitrogens is 2. The van der Waals surface area contributed by atoms with Gasteiger partial charge in [-0.05, 0) is 181 Å². The van der Waals surface area contributed by atoms with Gasteiger partial charge < -0.3 is 18.9 Å². The fraction of sp³-hybridized carbons (Fsp3) is 0.0674. The Balaban J connectivity index is 0.693. The molecule has 2 aliphatic carbocycles. The Kier molecular flexibility index (Phi) is 12.3. The van der Waals surface area contributed by atoms with Gasteiger partial charge in [0, 0.05) is 83.3 Å². The van der Waals surface area contributed by atoms with Gasteiger partial charge in [-0.1, -0.05) is 222 Å². The van der Waals surface area contributed by atoms with Gasteiger partial charge in [0.2, 0.25) is 0 Å². The smallest absolute Gasteiger partial charge is 0.0918 e. The Morgan fingerprint density at radius 3 is 1.12 bits per heavy atom. The van der Waals surface area contributed by atoms with E-state index >= 15 is 0 Å². The van der Waals surface area contributed by atoms with Crippen molar-refractivity contribution in [2.24, 2.45) is 0 Å². The van der Waals surface area contributed by atoms with Crippen LogP contribution in [0.15, 0.2) is 309 Å². The van der Waals surface area contributed by atoms with Gasteiger partial charge in [0.05, 0.1) is 39.5 Å². The number of rotatable bonds is 10. The number of fused-ring (bicyclic) bond motifs is 14. The monoisotopic (exact) mass is 1200 g/mol. The van der Waals surface area contributed by atoms with E-state index in [-0.39, 0.29) is 10.8 Å². The van der Waals surface area contributed by atoms with Crippen LogP contribution in [0.2, 0.25) is 0 Å². The van der Waals surface area contributed by atoms with Crippen LogP contribution in [0.1, 0.15) is 61.1 Å². The van der Waals surface area contributed by atoms with Crippen molar-refractivity contribution in [2.75, 3.05) is 9.80 Å². The van der Waals surface area contributed by atoms with Crippen molar-refractivity contribution in [3.05, 3.63) is 343 Å². The van der Waals surface area contributed by atoms with E-state index in [1.54, 1.807) is 6.08 Å². The summed E-state index contributed by atoms with van der Waals surface area (Å²) in [7, 11) is 0. The zero-order valence-electron chi connectivity index (χ0n) is 52.7. The highest BCUT2D eigenvalue weighted by molar-refractivity contribution is 6.13. The fourth-order valence-electron chi connectivity index (χ4n) is 16.1. The lowest BCUT2D eigenvalue weighted by Crippen LogP contribution is -2.16. The lowest BCUT2D eigenvalue weighted by atomic mass is 9.82. The third kappa shape index (κ3) is 8.33. The molecule has 444 valence electrons. The van der Waals surface area contributed by atoms with Gasteiger partial charge in [-0.3, -0.25) is 0 Å². The Labute approximate surface area is 546 Å². The first-order chi connectivity index (χ1) is 46.1. The van der Waals surface area contributed by atoms with Crippen molar-refractivity contribution in [2.45, 2.75) is 38.5 Å². The van der Waals surface area contributed by atoms with Gasteiger partial charge in [-0.25, -0.2) is 0 Å². The quantitative estimate of drug-likeness (QED) is 0.128. The normalized spacial score (nSPS) is 13.3. The number of nitrogens with zero attached hydrogens (tertiary/aromatic N) is 5. The maximum absolute atomic E-state index is 10.4. The minimum Gasteiger partial charge on any atom is -0.310 e. The van der Waals surface area contributed by atoms with Crippen LogP contribution < -0.4 is 9.80 Å². The zero-order valence-corrected chi connectivity index (χ0v) is 52.7. The summed E-state index contributed by atoms with van der Waals surface area (Å²) < 4.78 is 4.75. The predicted octanol–water partition coefficient (Wildman–Crippen LogP) is 23.7. The van der Waals surface area contributed by atoms with Crippen LogP contribution in [0.4, 0.5) is 34.1 Å². The van der Waals surface area contributed by atoms with Gasteiger partial charge in [0.1, 0.15) is 0 Å². The number of hydrogen-bond acceptors (Lipinski definition) is 3. The van der Waals surface area contributed by atoms with Gasteiger partial charge in [-0.2, -0.15) is 5.26 Å². The van der Waals surface area contributed by atoms with E-state index in [0.29, 0.717) is 0 Å². The predicted molar refractivity (Wildman–Crippen MR) is 394 cm³/mol. The van der Waals surface area contributed by atoms with Crippen LogP contribution in [-0.2, 0) is 10.8 Å². The summed E-state index contributed by atoms with van der Waals surface area (Å²) >= 11 is 0. The molecule has 94 heavy (non-hydrogen) atoms. The lowest BCUT2D eigenvalue weighted by Gasteiger charge is -2.29. The second-order valence-electron chi connectivity index (χ2n) is 26.4. The molecule has 2 heterocycles. The summed E-state index contributed by atoms with van der Waals surface area (Å²) in [6.45, 7) is 9.42. The molecule has 0 saturated heterocycles. The standard InChI is InChI=1S/C89H63N5/c1-88(2)78-29-13-9-25-70(78)72-47-43-65(55-80(72)88)91(82-33-17-21-57-19-5-7-23-68(57)82)63-45-49-86-76(53-63)74-27-11-15-31-84(74)93(86)61-39-35-59(36-40-61)67(51-52-90)60-37-41-62(42-38-60)94-85-32-16-12-28-75(85)77-54-64(46-50-87(77)94)92(83-34-18-22-58-20-6-8-24-69(58)83)66-44-48-73-71-26-10-14-30-79(71)89(3,4)81(73)56-66/h5-51,53-56H,1-4H3. The molecule has 14 aromatic carbocycles. The average molecular weight is 1200 g/mol. The second kappa shape index (κ2) is 21.0. The third-order valence-electron chi connectivity index (χ3n) is 20.6. The molecule has 5 nitrogen and oxygen atoms in total. The van der Waals surface area contributed by atoms with Gasteiger partial charge in [0.15, 0.2) is 0 Å². The minimum absolute atomic E-state index is 0.155. The highest BCUT2D eigenvalue weighted by atomic mass is 15.2. The van der Waals surface area contributed by atoms with Crippen LogP contribution in [0, 0.1) is 11.3 Å². The van der Waals surface area contributed by atoms with Gasteiger partial charge in [-0.15, -0.1) is 0 Å². The molecule has 0 bridgehead atoms. The Morgan fingerprint density at radius 2 is 0.670 bits per heavy atom. The van der Waals surface area contributed by atoms with Crippen LogP contribution >= 0.6 is 0 Å². The van der Waals surface area contributed by atoms with E-state index in [0.717, 1.165) is 84.3 Å². The van der Waals surface area contributed by atoms with Crippen LogP contribution in [0.3, 0.4) is 0 Å². The molecule has 0 aliphatic heterocycles. The number of benzene rings is 14. The summed E-state index contributed by atoms with van der Waals surface area (Å²) in [4.78, 5) is 4.90. The van der Waals surface area contributed by atoms with Crippen LogP contribution in [0.25, 0.3) is 104 Å². The summed E-state index contributed by atoms with van der Waals surface area (Å²) in [5.41, 5.74) is 26.3. The van der Waals surface area contributed by atoms with Gasteiger partial charge in [0.25, 0.3) is 0 Å². The summed E-state index contributed by atoms with van der Waals surface area (Å²) in [6.07, 6.45) is 1.68. The minimum atomic E-state index is -0.155. The molecular formula is C89H63N5. The first-order valence-corrected chi connectivity index (χ1v) is 32.5. The number of anilines is 6. The summed E-state index contributed by atoms with van der Waals surface area (Å²) in [5, 5.41) is 19.9. The van der Waals surface area contributed by atoms with Crippen molar-refractivity contribution in [1.29, 1.82) is 5.26 Å². The van der Waals surface area contributed by atoms with E-state index in [4.69, 9.17) is 0 Å². The molecule has 0 spiro atoms. The number of nitriles is 1. The van der Waals surface area contributed by atoms with Crippen molar-refractivity contribution in [1.82, 2.24) is 9.13 Å². The fourth-order valence-corrected chi connectivity index (χ4v) is 16.1. The first kappa shape index (κ1) is 54.9. The largest absolute Gasteiger partial charge is 0.310 e. The van der Waals surface area contributed by atoms with E-state index in [1.165, 1.54) is 87.6 Å². The molecule has 0 fully saturated rings. The van der Waals surface area contributed by atoms with Crippen molar-refractivity contribution < 1.29 is 0 Å². The number of allylic oxidation sites excluding steroid dienone is 1. The third-order valence-corrected chi connectivity index (χ3v) is 20.6. The van der Waals surface area contributed by atoms with E-state index < -0.39 is 0 Å². The molecule has 0 unspecified atom stereocenters. The summed E-state index contributed by atoms with van der Waals surface area (Å²) in [6, 6.07) is 114. The van der Waals surface area contributed by atoms with E-state index in [1.807, 2.05) is 0 Å². The van der Waals surface area contributed by atoms with Crippen LogP contribution in [-0.4, -0.2) is 9.13 Å². The molecule has 0 amide bonds. The zero-order chi connectivity index (χ0) is 63.0. The topological polar surface area (TPSA) is 40.1 Å². The Bertz CT molecular complexity index is 5520. The highest BCUT2D eigenvalue weighted by Crippen LogP contribution is 2.54. The van der Waals surface area contributed by atoms with E-state index in [2.05, 4.69) is 356 Å². The van der Waals surface area contributed by atoms with E-state index in [9.17, 15) is 5.26 Å². The van der Waals surface area contributed by atoms with Crippen molar-refractivity contribution >= 4 is 105 Å². The molecule has 18 rings (SSSR count). The molecule has 0 atom stereocenters. The molecule has 2 aromatic heterocycles. The first-order valence-electron chi connectivity index (χ1n) is 32.5. The Hall–Kier alpha value is -12.0. The average Bonchev–Trinajstić information content (AvgIpc) is 1.63. The highest BCUT2D eigenvalue weighted by Gasteiger charge is 2.38. The maximum atomic E-state index is 10.4. The molecule has 2 aliphatic rings. The Morgan fingerprint density at radius 1 is 0.319 bits per heavy atom. The van der Waals surface area contributed by atoms with Crippen LogP contribution in [0.5, 0.6) is 0 Å². The second-order valence-corrected chi connectivity index (χ2v) is 26.4. The molecule has 5 heteroatoms. The van der Waals surface area contributed by atoms with Crippen molar-refractivity contribution in [3.63, 3.8) is 0 Å². The SMILES string of the molecule is CC1(C)c2ccccc2-c2ccc(N(c3ccc4c(c3)c3ccccc3n4-c3ccc(C(=CC#N)c4ccc(-n5c6ccccc6c6cc(N(c7ccc8c(c7)C(C)(C)c7ccccc7-8)c7cccc8ccccc78)ccc65)cc4)cc3)c3cccc4ccccc34)cc21. The van der Waals surface area contributed by atoms with Crippen molar-refractivity contribution in [3.8, 4) is 39.7 Å². The van der Waals surface area contributed by atoms with Gasteiger partial charge >= 0.3 is 0 Å².